The van der Waals surface area contributed by atoms with Gasteiger partial charge in [0.25, 0.3) is 5.91 Å². The van der Waals surface area contributed by atoms with Crippen LogP contribution >= 0.6 is 11.8 Å². The van der Waals surface area contributed by atoms with Gasteiger partial charge in [-0.1, -0.05) is 66.2 Å². The first kappa shape index (κ1) is 23.7. The molecule has 1 fully saturated rings. The number of amidine groups is 1. The number of carbonyl (C=O) groups excluding carboxylic acids is 1. The number of nitrogens with one attached hydrogen (secondary N) is 1. The molecule has 36 heavy (non-hydrogen) atoms. The summed E-state index contributed by atoms with van der Waals surface area (Å²) in [4.78, 5) is 17.7. The number of ether oxygens (including phenoxy) is 2. The van der Waals surface area contributed by atoms with Crippen LogP contribution in [-0.4, -0.2) is 17.7 Å². The number of hydrogen-bond donors (Lipinski definition) is 1. The van der Waals surface area contributed by atoms with Crippen molar-refractivity contribution < 1.29 is 14.3 Å². The highest BCUT2D eigenvalue weighted by Gasteiger charge is 2.24. The third-order valence-corrected chi connectivity index (χ3v) is 6.65. The third-order valence-electron chi connectivity index (χ3n) is 5.74. The Morgan fingerprint density at radius 2 is 1.72 bits per heavy atom. The van der Waals surface area contributed by atoms with Crippen LogP contribution in [0.25, 0.3) is 16.8 Å². The fourth-order valence-electron chi connectivity index (χ4n) is 3.94. The second kappa shape index (κ2) is 10.7. The molecule has 1 saturated heterocycles. The van der Waals surface area contributed by atoms with Crippen LogP contribution in [0.5, 0.6) is 11.5 Å². The Balaban J connectivity index is 1.34. The largest absolute Gasteiger partial charge is 0.490 e. The highest BCUT2D eigenvalue weighted by atomic mass is 32.2. The van der Waals surface area contributed by atoms with Gasteiger partial charge in [0, 0.05) is 0 Å². The summed E-state index contributed by atoms with van der Waals surface area (Å²) in [6, 6.07) is 28.1. The molecule has 180 valence electrons. The van der Waals surface area contributed by atoms with Gasteiger partial charge in [-0.2, -0.15) is 0 Å². The molecule has 1 N–H and O–H groups in total. The second-order valence-corrected chi connectivity index (χ2v) is 9.41. The number of aliphatic imine (C=N–C) groups is 1. The van der Waals surface area contributed by atoms with Gasteiger partial charge in [0.05, 0.1) is 17.2 Å². The Hall–Kier alpha value is -4.03. The minimum absolute atomic E-state index is 0.167. The maximum Gasteiger partial charge on any atom is 0.264 e. The van der Waals surface area contributed by atoms with Crippen LogP contribution in [0.2, 0.25) is 0 Å². The van der Waals surface area contributed by atoms with E-state index < -0.39 is 0 Å². The summed E-state index contributed by atoms with van der Waals surface area (Å²) in [5, 5.41) is 5.76. The van der Waals surface area contributed by atoms with Crippen molar-refractivity contribution in [1.29, 1.82) is 0 Å². The predicted molar refractivity (Wildman–Crippen MR) is 148 cm³/mol. The van der Waals surface area contributed by atoms with Crippen LogP contribution in [0.1, 0.15) is 23.6 Å². The van der Waals surface area contributed by atoms with E-state index in [1.807, 2.05) is 80.6 Å². The lowest BCUT2D eigenvalue weighted by Crippen LogP contribution is -2.19. The monoisotopic (exact) mass is 494 g/mol. The molecule has 0 aromatic heterocycles. The molecule has 0 atom stereocenters. The van der Waals surface area contributed by atoms with Crippen LogP contribution in [-0.2, 0) is 11.4 Å². The molecule has 4 aromatic rings. The van der Waals surface area contributed by atoms with Crippen molar-refractivity contribution >= 4 is 45.4 Å². The van der Waals surface area contributed by atoms with Crippen molar-refractivity contribution in [3.63, 3.8) is 0 Å². The van der Waals surface area contributed by atoms with E-state index >= 15 is 0 Å². The summed E-state index contributed by atoms with van der Waals surface area (Å²) in [5.41, 5.74) is 3.93. The normalized spacial score (nSPS) is 15.4. The molecule has 6 heteroatoms. The van der Waals surface area contributed by atoms with Gasteiger partial charge in [-0.25, -0.2) is 4.99 Å². The molecule has 0 bridgehead atoms. The van der Waals surface area contributed by atoms with E-state index in [1.54, 1.807) is 0 Å². The van der Waals surface area contributed by atoms with Crippen molar-refractivity contribution in [2.24, 2.45) is 4.99 Å². The average Bonchev–Trinajstić information content (AvgIpc) is 3.23. The standard InChI is InChI=1S/C30H26N2O3S/c1-3-34-27-17-21(18-28-29(33)32-30(36-28)31-24-14-11-20(2)12-15-24)13-16-26(27)35-19-23-9-6-8-22-7-4-5-10-25(22)23/h4-18H,3,19H2,1-2H3,(H,31,32,33)/b28-18+. The molecule has 5 nitrogen and oxygen atoms in total. The Morgan fingerprint density at radius 3 is 2.56 bits per heavy atom. The van der Waals surface area contributed by atoms with E-state index in [4.69, 9.17) is 9.47 Å². The van der Waals surface area contributed by atoms with Gasteiger partial charge >= 0.3 is 0 Å². The van der Waals surface area contributed by atoms with E-state index in [0.717, 1.165) is 22.4 Å². The minimum atomic E-state index is -0.167. The van der Waals surface area contributed by atoms with Crippen LogP contribution in [0.3, 0.4) is 0 Å². The summed E-state index contributed by atoms with van der Waals surface area (Å²) in [7, 11) is 0. The van der Waals surface area contributed by atoms with Gasteiger partial charge in [0.2, 0.25) is 0 Å². The molecule has 0 unspecified atom stereocenters. The molecule has 0 saturated carbocycles. The fraction of sp³-hybridized carbons (Fsp3) is 0.133. The van der Waals surface area contributed by atoms with Crippen molar-refractivity contribution in [2.75, 3.05) is 6.61 Å². The second-order valence-electron chi connectivity index (χ2n) is 8.38. The lowest BCUT2D eigenvalue weighted by atomic mass is 10.1. The molecule has 0 spiro atoms. The van der Waals surface area contributed by atoms with E-state index in [9.17, 15) is 4.79 Å². The first-order valence-corrected chi connectivity index (χ1v) is 12.6. The zero-order valence-electron chi connectivity index (χ0n) is 20.2. The van der Waals surface area contributed by atoms with Crippen LogP contribution in [0.15, 0.2) is 94.8 Å². The Morgan fingerprint density at radius 1 is 0.917 bits per heavy atom. The van der Waals surface area contributed by atoms with Crippen LogP contribution < -0.4 is 14.8 Å². The van der Waals surface area contributed by atoms with Gasteiger partial charge in [-0.05, 0) is 77.9 Å². The van der Waals surface area contributed by atoms with Gasteiger partial charge < -0.3 is 14.8 Å². The van der Waals surface area contributed by atoms with Crippen molar-refractivity contribution in [2.45, 2.75) is 20.5 Å². The quantitative estimate of drug-likeness (QED) is 0.281. The zero-order chi connectivity index (χ0) is 24.9. The maximum atomic E-state index is 12.5. The predicted octanol–water partition coefficient (Wildman–Crippen LogP) is 7.02. The number of rotatable bonds is 7. The van der Waals surface area contributed by atoms with E-state index in [1.165, 1.54) is 22.5 Å². The molecule has 1 aliphatic heterocycles. The van der Waals surface area contributed by atoms with Gasteiger partial charge in [-0.3, -0.25) is 4.79 Å². The highest BCUT2D eigenvalue weighted by Crippen LogP contribution is 2.33. The fourth-order valence-corrected chi connectivity index (χ4v) is 4.79. The maximum absolute atomic E-state index is 12.5. The van der Waals surface area contributed by atoms with Crippen LogP contribution in [0.4, 0.5) is 5.69 Å². The average molecular weight is 495 g/mol. The van der Waals surface area contributed by atoms with Crippen molar-refractivity contribution in [1.82, 2.24) is 5.32 Å². The Labute approximate surface area is 214 Å². The number of hydrogen-bond acceptors (Lipinski definition) is 5. The minimum Gasteiger partial charge on any atom is -0.490 e. The number of thioether (sulfide) groups is 1. The summed E-state index contributed by atoms with van der Waals surface area (Å²) in [6.07, 6.45) is 1.84. The molecule has 0 aliphatic carbocycles. The molecular formula is C30H26N2O3S. The Kier molecular flexibility index (Phi) is 7.05. The molecule has 5 rings (SSSR count). The number of fused-ring (bicyclic) bond motifs is 1. The third kappa shape index (κ3) is 5.44. The molecule has 1 heterocycles. The molecule has 4 aromatic carbocycles. The molecule has 1 amide bonds. The summed E-state index contributed by atoms with van der Waals surface area (Å²) in [5.74, 6) is 1.14. The Bertz CT molecular complexity index is 1470. The van der Waals surface area contributed by atoms with E-state index in [0.29, 0.717) is 34.8 Å². The SMILES string of the molecule is CCOc1cc(/C=C2/SC(=Nc3ccc(C)cc3)NC2=O)ccc1OCc1cccc2ccccc12. The molecule has 0 radical (unpaired) electrons. The summed E-state index contributed by atoms with van der Waals surface area (Å²) >= 11 is 1.32. The van der Waals surface area contributed by atoms with Gasteiger partial charge in [0.1, 0.15) is 6.61 Å². The molecule has 1 aliphatic rings. The summed E-state index contributed by atoms with van der Waals surface area (Å²) < 4.78 is 12.0. The topological polar surface area (TPSA) is 59.9 Å². The highest BCUT2D eigenvalue weighted by molar-refractivity contribution is 8.18. The van der Waals surface area contributed by atoms with E-state index in [2.05, 4.69) is 34.6 Å². The first-order chi connectivity index (χ1) is 17.6. The van der Waals surface area contributed by atoms with Gasteiger partial charge in [-0.15, -0.1) is 0 Å². The number of amides is 1. The lowest BCUT2D eigenvalue weighted by molar-refractivity contribution is -0.115. The van der Waals surface area contributed by atoms with Crippen molar-refractivity contribution in [3.8, 4) is 11.5 Å². The first-order valence-electron chi connectivity index (χ1n) is 11.8. The number of nitrogens with zero attached hydrogens (tertiary/aromatic N) is 1. The molecular weight excluding hydrogens is 468 g/mol. The van der Waals surface area contributed by atoms with E-state index in [-0.39, 0.29) is 5.91 Å². The lowest BCUT2D eigenvalue weighted by Gasteiger charge is -2.14. The van der Waals surface area contributed by atoms with Crippen molar-refractivity contribution in [3.05, 3.63) is 107 Å². The number of benzene rings is 4. The number of aryl methyl sites for hydroxylation is 1. The number of carbonyl (C=O) groups is 1. The summed E-state index contributed by atoms with van der Waals surface area (Å²) in [6.45, 7) is 4.90. The smallest absolute Gasteiger partial charge is 0.264 e. The van der Waals surface area contributed by atoms with Crippen LogP contribution in [0, 0.1) is 6.92 Å². The van der Waals surface area contributed by atoms with Gasteiger partial charge in [0.15, 0.2) is 16.7 Å². The zero-order valence-corrected chi connectivity index (χ0v) is 21.0.